The fourth-order valence-electron chi connectivity index (χ4n) is 2.14. The zero-order valence-corrected chi connectivity index (χ0v) is 11.7. The van der Waals surface area contributed by atoms with E-state index in [0.29, 0.717) is 6.04 Å². The molecule has 0 bridgehead atoms. The van der Waals surface area contributed by atoms with Crippen LogP contribution >= 0.6 is 0 Å². The Balaban J connectivity index is 2.30. The van der Waals surface area contributed by atoms with Crippen molar-refractivity contribution in [2.24, 2.45) is 0 Å². The Labute approximate surface area is 110 Å². The van der Waals surface area contributed by atoms with Crippen molar-refractivity contribution in [3.8, 4) is 12.3 Å². The highest BCUT2D eigenvalue weighted by molar-refractivity contribution is 5.68. The van der Waals surface area contributed by atoms with Gasteiger partial charge in [-0.15, -0.1) is 6.42 Å². The van der Waals surface area contributed by atoms with Crippen LogP contribution in [-0.4, -0.2) is 29.8 Å². The first kappa shape index (κ1) is 14.8. The van der Waals surface area contributed by atoms with Crippen LogP contribution in [0.15, 0.2) is 0 Å². The van der Waals surface area contributed by atoms with Crippen molar-refractivity contribution in [2.75, 3.05) is 0 Å². The maximum Gasteiger partial charge on any atom is 0.407 e. The number of carbonyl (C=O) groups is 1. The molecule has 0 aliphatic heterocycles. The third kappa shape index (κ3) is 5.42. The molecular formula is C14H24N2O2. The highest BCUT2D eigenvalue weighted by Crippen LogP contribution is 2.20. The molecule has 1 amide bonds. The zero-order valence-electron chi connectivity index (χ0n) is 11.7. The molecule has 4 heteroatoms. The zero-order chi connectivity index (χ0) is 13.8. The standard InChI is InChI=1S/C14H24N2O2/c1-6-10(2)15-11-7-8-12(9-11)16-13(17)18-14(3,4)5/h1,10-12,15H,7-9H2,2-5H3,(H,16,17). The van der Waals surface area contributed by atoms with Gasteiger partial charge in [-0.05, 0) is 47.0 Å². The monoisotopic (exact) mass is 252 g/mol. The Bertz CT molecular complexity index is 328. The van der Waals surface area contributed by atoms with E-state index in [9.17, 15) is 4.79 Å². The summed E-state index contributed by atoms with van der Waals surface area (Å²) in [4.78, 5) is 11.6. The van der Waals surface area contributed by atoms with Gasteiger partial charge in [0.1, 0.15) is 5.60 Å². The summed E-state index contributed by atoms with van der Waals surface area (Å²) >= 11 is 0. The van der Waals surface area contributed by atoms with E-state index in [1.807, 2.05) is 27.7 Å². The van der Waals surface area contributed by atoms with Crippen LogP contribution < -0.4 is 10.6 Å². The largest absolute Gasteiger partial charge is 0.444 e. The second kappa shape index (κ2) is 6.10. The maximum absolute atomic E-state index is 11.6. The quantitative estimate of drug-likeness (QED) is 0.756. The maximum atomic E-state index is 11.6. The van der Waals surface area contributed by atoms with Crippen molar-refractivity contribution in [2.45, 2.75) is 70.7 Å². The van der Waals surface area contributed by atoms with Crippen LogP contribution in [0.5, 0.6) is 0 Å². The Morgan fingerprint density at radius 1 is 1.39 bits per heavy atom. The molecule has 1 saturated carbocycles. The van der Waals surface area contributed by atoms with Crippen molar-refractivity contribution in [1.82, 2.24) is 10.6 Å². The van der Waals surface area contributed by atoms with Gasteiger partial charge in [0, 0.05) is 12.1 Å². The molecule has 1 fully saturated rings. The van der Waals surface area contributed by atoms with E-state index in [-0.39, 0.29) is 18.2 Å². The van der Waals surface area contributed by atoms with Gasteiger partial charge in [-0.1, -0.05) is 5.92 Å². The number of hydrogen-bond donors (Lipinski definition) is 2. The van der Waals surface area contributed by atoms with Gasteiger partial charge >= 0.3 is 6.09 Å². The van der Waals surface area contributed by atoms with Gasteiger partial charge in [0.15, 0.2) is 0 Å². The molecule has 18 heavy (non-hydrogen) atoms. The average Bonchev–Trinajstić information content (AvgIpc) is 2.62. The van der Waals surface area contributed by atoms with Crippen LogP contribution in [0, 0.1) is 12.3 Å². The van der Waals surface area contributed by atoms with Crippen molar-refractivity contribution in [1.29, 1.82) is 0 Å². The normalized spacial score (nSPS) is 25.3. The van der Waals surface area contributed by atoms with E-state index in [0.717, 1.165) is 19.3 Å². The highest BCUT2D eigenvalue weighted by atomic mass is 16.6. The van der Waals surface area contributed by atoms with Crippen LogP contribution in [0.1, 0.15) is 47.0 Å². The second-order valence-corrected chi connectivity index (χ2v) is 5.91. The molecule has 1 rings (SSSR count). The third-order valence-corrected chi connectivity index (χ3v) is 2.89. The van der Waals surface area contributed by atoms with Crippen molar-refractivity contribution < 1.29 is 9.53 Å². The molecule has 0 radical (unpaired) electrons. The van der Waals surface area contributed by atoms with E-state index in [4.69, 9.17) is 11.2 Å². The first-order valence-corrected chi connectivity index (χ1v) is 6.52. The topological polar surface area (TPSA) is 50.4 Å². The lowest BCUT2D eigenvalue weighted by Gasteiger charge is -2.22. The smallest absolute Gasteiger partial charge is 0.407 e. The number of hydrogen-bond acceptors (Lipinski definition) is 3. The van der Waals surface area contributed by atoms with E-state index >= 15 is 0 Å². The van der Waals surface area contributed by atoms with Gasteiger partial charge < -0.3 is 15.4 Å². The summed E-state index contributed by atoms with van der Waals surface area (Å²) in [6.45, 7) is 7.55. The molecule has 1 aliphatic rings. The summed E-state index contributed by atoms with van der Waals surface area (Å²) in [5, 5.41) is 6.26. The predicted molar refractivity (Wildman–Crippen MR) is 72.2 cm³/mol. The van der Waals surface area contributed by atoms with Crippen LogP contribution in [0.2, 0.25) is 0 Å². The van der Waals surface area contributed by atoms with Crippen molar-refractivity contribution >= 4 is 6.09 Å². The Hall–Kier alpha value is -1.21. The van der Waals surface area contributed by atoms with Crippen molar-refractivity contribution in [3.05, 3.63) is 0 Å². The lowest BCUT2D eigenvalue weighted by atomic mass is 10.2. The van der Waals surface area contributed by atoms with Gasteiger partial charge in [0.05, 0.1) is 6.04 Å². The van der Waals surface area contributed by atoms with Crippen LogP contribution in [0.3, 0.4) is 0 Å². The number of ether oxygens (including phenoxy) is 1. The molecular weight excluding hydrogens is 228 g/mol. The molecule has 0 saturated heterocycles. The predicted octanol–water partition coefficient (Wildman–Crippen LogP) is 2.04. The minimum absolute atomic E-state index is 0.0790. The number of amides is 1. The van der Waals surface area contributed by atoms with Gasteiger partial charge in [-0.25, -0.2) is 4.79 Å². The molecule has 1 aliphatic carbocycles. The van der Waals surface area contributed by atoms with E-state index in [1.165, 1.54) is 0 Å². The number of rotatable bonds is 3. The third-order valence-electron chi connectivity index (χ3n) is 2.89. The molecule has 2 N–H and O–H groups in total. The lowest BCUT2D eigenvalue weighted by Crippen LogP contribution is -2.40. The minimum atomic E-state index is -0.446. The highest BCUT2D eigenvalue weighted by Gasteiger charge is 2.27. The van der Waals surface area contributed by atoms with E-state index in [2.05, 4.69) is 16.6 Å². The molecule has 0 spiro atoms. The van der Waals surface area contributed by atoms with Crippen LogP contribution in [0.4, 0.5) is 4.79 Å². The fraction of sp³-hybridized carbons (Fsp3) is 0.786. The van der Waals surface area contributed by atoms with Gasteiger partial charge in [0.25, 0.3) is 0 Å². The number of carbonyl (C=O) groups excluding carboxylic acids is 1. The summed E-state index contributed by atoms with van der Waals surface area (Å²) in [5.41, 5.74) is -0.446. The molecule has 3 unspecified atom stereocenters. The van der Waals surface area contributed by atoms with Gasteiger partial charge in [0.2, 0.25) is 0 Å². The fourth-order valence-corrected chi connectivity index (χ4v) is 2.14. The average molecular weight is 252 g/mol. The molecule has 0 aromatic heterocycles. The first-order chi connectivity index (χ1) is 8.30. The van der Waals surface area contributed by atoms with Crippen LogP contribution in [-0.2, 0) is 4.74 Å². The molecule has 4 nitrogen and oxygen atoms in total. The van der Waals surface area contributed by atoms with E-state index < -0.39 is 5.60 Å². The number of terminal acetylenes is 1. The van der Waals surface area contributed by atoms with Crippen molar-refractivity contribution in [3.63, 3.8) is 0 Å². The van der Waals surface area contributed by atoms with Gasteiger partial charge in [-0.2, -0.15) is 0 Å². The lowest BCUT2D eigenvalue weighted by molar-refractivity contribution is 0.0505. The summed E-state index contributed by atoms with van der Waals surface area (Å²) < 4.78 is 5.23. The van der Waals surface area contributed by atoms with E-state index in [1.54, 1.807) is 0 Å². The SMILES string of the molecule is C#CC(C)NC1CCC(NC(=O)OC(C)(C)C)C1. The molecule has 3 atom stereocenters. The first-order valence-electron chi connectivity index (χ1n) is 6.52. The molecule has 0 heterocycles. The van der Waals surface area contributed by atoms with Crippen LogP contribution in [0.25, 0.3) is 0 Å². The Morgan fingerprint density at radius 3 is 2.56 bits per heavy atom. The summed E-state index contributed by atoms with van der Waals surface area (Å²) in [7, 11) is 0. The Morgan fingerprint density at radius 2 is 2.00 bits per heavy atom. The molecule has 0 aromatic carbocycles. The summed E-state index contributed by atoms with van der Waals surface area (Å²) in [6.07, 6.45) is 7.91. The minimum Gasteiger partial charge on any atom is -0.444 e. The second-order valence-electron chi connectivity index (χ2n) is 5.91. The van der Waals surface area contributed by atoms with Gasteiger partial charge in [-0.3, -0.25) is 0 Å². The summed E-state index contributed by atoms with van der Waals surface area (Å²) in [6, 6.07) is 0.647. The Kier molecular flexibility index (Phi) is 5.03. The summed E-state index contributed by atoms with van der Waals surface area (Å²) in [5.74, 6) is 2.66. The molecule has 102 valence electrons. The molecule has 0 aromatic rings. The number of alkyl carbamates (subject to hydrolysis) is 1. The number of nitrogens with one attached hydrogen (secondary N) is 2.